The minimum Gasteiger partial charge on any atom is -0.475 e. The fourth-order valence-corrected chi connectivity index (χ4v) is 2.77. The highest BCUT2D eigenvalue weighted by Crippen LogP contribution is 2.18. The molecule has 0 saturated carbocycles. The van der Waals surface area contributed by atoms with Crippen molar-refractivity contribution < 1.29 is 9.53 Å². The monoisotopic (exact) mass is 305 g/mol. The van der Waals surface area contributed by atoms with E-state index < -0.39 is 5.54 Å². The molecule has 0 radical (unpaired) electrons. The Hall–Kier alpha value is -1.62. The summed E-state index contributed by atoms with van der Waals surface area (Å²) in [5.74, 6) is 0.683. The van der Waals surface area contributed by atoms with E-state index in [-0.39, 0.29) is 5.91 Å². The first-order valence-electron chi connectivity index (χ1n) is 7.93. The van der Waals surface area contributed by atoms with Gasteiger partial charge in [-0.05, 0) is 53.3 Å². The molecule has 2 rings (SSSR count). The summed E-state index contributed by atoms with van der Waals surface area (Å²) in [6, 6.07) is 6.05. The van der Waals surface area contributed by atoms with Crippen LogP contribution >= 0.6 is 0 Å². The molecule has 2 heterocycles. The van der Waals surface area contributed by atoms with Crippen molar-refractivity contribution in [3.05, 3.63) is 23.9 Å². The predicted molar refractivity (Wildman–Crippen MR) is 87.0 cm³/mol. The van der Waals surface area contributed by atoms with E-state index >= 15 is 0 Å². The van der Waals surface area contributed by atoms with E-state index in [0.29, 0.717) is 24.9 Å². The van der Waals surface area contributed by atoms with Gasteiger partial charge in [0.15, 0.2) is 0 Å². The third kappa shape index (κ3) is 4.98. The van der Waals surface area contributed by atoms with Crippen LogP contribution in [0.25, 0.3) is 0 Å². The van der Waals surface area contributed by atoms with Crippen LogP contribution in [0.3, 0.4) is 0 Å². The molecule has 122 valence electrons. The van der Waals surface area contributed by atoms with Gasteiger partial charge >= 0.3 is 0 Å². The Kier molecular flexibility index (Phi) is 5.40. The lowest BCUT2D eigenvalue weighted by Crippen LogP contribution is -2.49. The van der Waals surface area contributed by atoms with Gasteiger partial charge in [0.05, 0.1) is 5.54 Å². The predicted octanol–water partition coefficient (Wildman–Crippen LogP) is 2.15. The van der Waals surface area contributed by atoms with Crippen molar-refractivity contribution >= 4 is 5.91 Å². The Bertz CT molecular complexity index is 516. The Morgan fingerprint density at radius 1 is 1.50 bits per heavy atom. The molecule has 5 heteroatoms. The van der Waals surface area contributed by atoms with Crippen molar-refractivity contribution in [1.29, 1.82) is 0 Å². The standard InChI is InChI=1S/C17H27N3O2/c1-13-7-5-9-16(18-13)22-12-17(2,3)19-15(21)11-14-8-6-10-20(14)4/h5,7,9,14H,6,8,10-12H2,1-4H3,(H,19,21). The minimum atomic E-state index is -0.417. The molecule has 22 heavy (non-hydrogen) atoms. The minimum absolute atomic E-state index is 0.0875. The molecular weight excluding hydrogens is 278 g/mol. The molecule has 1 aromatic rings. The van der Waals surface area contributed by atoms with Crippen molar-refractivity contribution in [2.75, 3.05) is 20.2 Å². The maximum atomic E-state index is 12.2. The summed E-state index contributed by atoms with van der Waals surface area (Å²) >= 11 is 0. The van der Waals surface area contributed by atoms with Crippen molar-refractivity contribution in [3.8, 4) is 5.88 Å². The van der Waals surface area contributed by atoms with Crippen LogP contribution in [0.4, 0.5) is 0 Å². The molecule has 0 aromatic carbocycles. The van der Waals surface area contributed by atoms with Crippen molar-refractivity contribution in [2.24, 2.45) is 0 Å². The van der Waals surface area contributed by atoms with Gasteiger partial charge in [0.1, 0.15) is 6.61 Å². The second-order valence-corrected chi connectivity index (χ2v) is 6.82. The maximum Gasteiger partial charge on any atom is 0.222 e. The molecule has 1 amide bonds. The van der Waals surface area contributed by atoms with E-state index in [1.54, 1.807) is 0 Å². The van der Waals surface area contributed by atoms with Gasteiger partial charge in [-0.1, -0.05) is 6.07 Å². The Morgan fingerprint density at radius 3 is 2.91 bits per heavy atom. The smallest absolute Gasteiger partial charge is 0.222 e. The molecule has 1 saturated heterocycles. The number of ether oxygens (including phenoxy) is 1. The van der Waals surface area contributed by atoms with Gasteiger partial charge in [-0.25, -0.2) is 4.98 Å². The molecule has 0 bridgehead atoms. The Balaban J connectivity index is 1.81. The zero-order valence-electron chi connectivity index (χ0n) is 14.1. The molecule has 1 fully saturated rings. The number of hydrogen-bond donors (Lipinski definition) is 1. The van der Waals surface area contributed by atoms with Gasteiger partial charge in [-0.15, -0.1) is 0 Å². The second-order valence-electron chi connectivity index (χ2n) is 6.82. The van der Waals surface area contributed by atoms with Gasteiger partial charge in [-0.3, -0.25) is 4.79 Å². The van der Waals surface area contributed by atoms with Crippen LogP contribution in [0.2, 0.25) is 0 Å². The maximum absolute atomic E-state index is 12.2. The first-order chi connectivity index (χ1) is 10.4. The molecule has 1 aliphatic rings. The number of carbonyl (C=O) groups is 1. The van der Waals surface area contributed by atoms with E-state index in [2.05, 4.69) is 22.2 Å². The van der Waals surface area contributed by atoms with Gasteiger partial charge in [0, 0.05) is 24.2 Å². The number of amides is 1. The largest absolute Gasteiger partial charge is 0.475 e. The van der Waals surface area contributed by atoms with Crippen LogP contribution in [0, 0.1) is 6.92 Å². The molecule has 0 aliphatic carbocycles. The number of rotatable bonds is 6. The quantitative estimate of drug-likeness (QED) is 0.875. The Labute approximate surface area is 133 Å². The number of hydrogen-bond acceptors (Lipinski definition) is 4. The number of nitrogens with zero attached hydrogens (tertiary/aromatic N) is 2. The molecular formula is C17H27N3O2. The summed E-state index contributed by atoms with van der Waals surface area (Å²) in [6.07, 6.45) is 2.84. The summed E-state index contributed by atoms with van der Waals surface area (Å²) in [7, 11) is 2.09. The number of carbonyl (C=O) groups excluding carboxylic acids is 1. The van der Waals surface area contributed by atoms with Crippen LogP contribution < -0.4 is 10.1 Å². The number of likely N-dealkylation sites (tertiary alicyclic amines) is 1. The van der Waals surface area contributed by atoms with E-state index in [0.717, 1.165) is 18.7 Å². The molecule has 1 atom stereocenters. The lowest BCUT2D eigenvalue weighted by atomic mass is 10.1. The zero-order chi connectivity index (χ0) is 16.2. The third-order valence-electron chi connectivity index (χ3n) is 4.01. The van der Waals surface area contributed by atoms with Crippen LogP contribution in [0.1, 0.15) is 38.8 Å². The SMILES string of the molecule is Cc1cccc(OCC(C)(C)NC(=O)CC2CCCN2C)n1. The van der Waals surface area contributed by atoms with E-state index in [9.17, 15) is 4.79 Å². The Morgan fingerprint density at radius 2 is 2.27 bits per heavy atom. The van der Waals surface area contributed by atoms with Crippen LogP contribution in [0.15, 0.2) is 18.2 Å². The fraction of sp³-hybridized carbons (Fsp3) is 0.647. The lowest BCUT2D eigenvalue weighted by Gasteiger charge is -2.27. The van der Waals surface area contributed by atoms with Gasteiger partial charge in [0.2, 0.25) is 11.8 Å². The molecule has 1 aromatic heterocycles. The summed E-state index contributed by atoms with van der Waals surface area (Å²) in [5.41, 5.74) is 0.503. The molecule has 1 unspecified atom stereocenters. The van der Waals surface area contributed by atoms with E-state index in [1.807, 2.05) is 39.0 Å². The van der Waals surface area contributed by atoms with Crippen molar-refractivity contribution in [3.63, 3.8) is 0 Å². The highest BCUT2D eigenvalue weighted by molar-refractivity contribution is 5.77. The summed E-state index contributed by atoms with van der Waals surface area (Å²) < 4.78 is 5.71. The van der Waals surface area contributed by atoms with Gasteiger partial charge < -0.3 is 15.0 Å². The molecule has 0 spiro atoms. The second kappa shape index (κ2) is 7.09. The molecule has 5 nitrogen and oxygen atoms in total. The summed E-state index contributed by atoms with van der Waals surface area (Å²) in [5, 5.41) is 3.07. The van der Waals surface area contributed by atoms with Crippen molar-refractivity contribution in [1.82, 2.24) is 15.2 Å². The first kappa shape index (κ1) is 16.7. The summed E-state index contributed by atoms with van der Waals surface area (Å²) in [4.78, 5) is 18.8. The average molecular weight is 305 g/mol. The average Bonchev–Trinajstić information content (AvgIpc) is 2.81. The van der Waals surface area contributed by atoms with Gasteiger partial charge in [0.25, 0.3) is 0 Å². The van der Waals surface area contributed by atoms with E-state index in [1.165, 1.54) is 6.42 Å². The molecule has 1 N–H and O–H groups in total. The number of nitrogens with one attached hydrogen (secondary N) is 1. The lowest BCUT2D eigenvalue weighted by molar-refractivity contribution is -0.124. The zero-order valence-corrected chi connectivity index (χ0v) is 14.1. The normalized spacial score (nSPS) is 19.2. The highest BCUT2D eigenvalue weighted by Gasteiger charge is 2.27. The third-order valence-corrected chi connectivity index (χ3v) is 4.01. The van der Waals surface area contributed by atoms with Crippen molar-refractivity contribution in [2.45, 2.75) is 51.6 Å². The number of pyridine rings is 1. The highest BCUT2D eigenvalue weighted by atomic mass is 16.5. The number of aryl methyl sites for hydroxylation is 1. The van der Waals surface area contributed by atoms with Crippen LogP contribution in [0.5, 0.6) is 5.88 Å². The molecule has 1 aliphatic heterocycles. The van der Waals surface area contributed by atoms with Gasteiger partial charge in [-0.2, -0.15) is 0 Å². The topological polar surface area (TPSA) is 54.5 Å². The van der Waals surface area contributed by atoms with E-state index in [4.69, 9.17) is 4.74 Å². The first-order valence-corrected chi connectivity index (χ1v) is 7.93. The van der Waals surface area contributed by atoms with Crippen LogP contribution in [-0.4, -0.2) is 47.6 Å². The number of aromatic nitrogens is 1. The fourth-order valence-electron chi connectivity index (χ4n) is 2.77. The van der Waals surface area contributed by atoms with Crippen LogP contribution in [-0.2, 0) is 4.79 Å². The summed E-state index contributed by atoms with van der Waals surface area (Å²) in [6.45, 7) is 7.36.